The first-order valence-corrected chi connectivity index (χ1v) is 9.56. The van der Waals surface area contributed by atoms with Gasteiger partial charge in [0, 0.05) is 26.4 Å². The molecule has 0 aliphatic heterocycles. The van der Waals surface area contributed by atoms with Gasteiger partial charge in [0.05, 0.1) is 12.3 Å². The highest BCUT2D eigenvalue weighted by molar-refractivity contribution is 5.92. The van der Waals surface area contributed by atoms with Crippen LogP contribution in [-0.2, 0) is 13.6 Å². The number of ether oxygens (including phenoxy) is 1. The van der Waals surface area contributed by atoms with E-state index in [2.05, 4.69) is 29.2 Å². The van der Waals surface area contributed by atoms with Crippen LogP contribution in [0, 0.1) is 18.8 Å². The molecule has 0 saturated heterocycles. The van der Waals surface area contributed by atoms with Crippen molar-refractivity contribution in [1.29, 1.82) is 0 Å². The van der Waals surface area contributed by atoms with Crippen LogP contribution in [0.2, 0.25) is 0 Å². The first-order valence-electron chi connectivity index (χ1n) is 9.56. The van der Waals surface area contributed by atoms with Gasteiger partial charge in [0.1, 0.15) is 11.4 Å². The SMILES string of the molecule is CCCC#CCCCCOc1cccc(CNC(=O)c2cc(C)nn2C)c1. The number of hydrogen-bond acceptors (Lipinski definition) is 3. The van der Waals surface area contributed by atoms with Crippen molar-refractivity contribution in [2.45, 2.75) is 52.5 Å². The molecular formula is C22H29N3O2. The van der Waals surface area contributed by atoms with Crippen LogP contribution in [0.5, 0.6) is 5.75 Å². The average molecular weight is 367 g/mol. The minimum atomic E-state index is -0.131. The van der Waals surface area contributed by atoms with E-state index in [9.17, 15) is 4.79 Å². The summed E-state index contributed by atoms with van der Waals surface area (Å²) in [6.45, 7) is 5.14. The summed E-state index contributed by atoms with van der Waals surface area (Å²) in [5.74, 6) is 7.05. The van der Waals surface area contributed by atoms with Gasteiger partial charge in [0.15, 0.2) is 0 Å². The van der Waals surface area contributed by atoms with E-state index in [1.54, 1.807) is 17.8 Å². The van der Waals surface area contributed by atoms with Gasteiger partial charge in [-0.15, -0.1) is 11.8 Å². The lowest BCUT2D eigenvalue weighted by Gasteiger charge is -2.09. The molecule has 0 spiro atoms. The minimum Gasteiger partial charge on any atom is -0.494 e. The Morgan fingerprint density at radius 2 is 2.04 bits per heavy atom. The summed E-state index contributed by atoms with van der Waals surface area (Å²) in [5.41, 5.74) is 2.39. The van der Waals surface area contributed by atoms with Crippen LogP contribution in [0.1, 0.15) is 60.8 Å². The average Bonchev–Trinajstić information content (AvgIpc) is 3.00. The maximum atomic E-state index is 12.3. The van der Waals surface area contributed by atoms with Gasteiger partial charge in [0.25, 0.3) is 5.91 Å². The van der Waals surface area contributed by atoms with Crippen LogP contribution >= 0.6 is 0 Å². The number of carbonyl (C=O) groups excluding carboxylic acids is 1. The zero-order valence-corrected chi connectivity index (χ0v) is 16.5. The van der Waals surface area contributed by atoms with Crippen LogP contribution in [0.15, 0.2) is 30.3 Å². The van der Waals surface area contributed by atoms with E-state index in [1.165, 1.54) is 0 Å². The predicted octanol–water partition coefficient (Wildman–Crippen LogP) is 4.01. The minimum absolute atomic E-state index is 0.131. The second kappa shape index (κ2) is 11.1. The summed E-state index contributed by atoms with van der Waals surface area (Å²) < 4.78 is 7.41. The molecule has 27 heavy (non-hydrogen) atoms. The predicted molar refractivity (Wildman–Crippen MR) is 108 cm³/mol. The number of nitrogens with zero attached hydrogens (tertiary/aromatic N) is 2. The van der Waals surface area contributed by atoms with Crippen molar-refractivity contribution in [2.24, 2.45) is 7.05 Å². The van der Waals surface area contributed by atoms with E-state index in [0.717, 1.165) is 49.1 Å². The Balaban J connectivity index is 1.74. The third-order valence-corrected chi connectivity index (χ3v) is 4.05. The van der Waals surface area contributed by atoms with Gasteiger partial charge in [-0.3, -0.25) is 9.48 Å². The van der Waals surface area contributed by atoms with Gasteiger partial charge in [-0.05, 0) is 49.9 Å². The van der Waals surface area contributed by atoms with Gasteiger partial charge >= 0.3 is 0 Å². The lowest BCUT2D eigenvalue weighted by Crippen LogP contribution is -2.25. The second-order valence-corrected chi connectivity index (χ2v) is 6.53. The van der Waals surface area contributed by atoms with Crippen molar-refractivity contribution < 1.29 is 9.53 Å². The molecule has 1 amide bonds. The molecular weight excluding hydrogens is 338 g/mol. The Morgan fingerprint density at radius 3 is 2.78 bits per heavy atom. The number of rotatable bonds is 9. The van der Waals surface area contributed by atoms with Crippen LogP contribution in [-0.4, -0.2) is 22.3 Å². The van der Waals surface area contributed by atoms with E-state index in [1.807, 2.05) is 31.2 Å². The number of amides is 1. The smallest absolute Gasteiger partial charge is 0.269 e. The molecule has 0 atom stereocenters. The van der Waals surface area contributed by atoms with Crippen molar-refractivity contribution in [3.63, 3.8) is 0 Å². The number of aromatic nitrogens is 2. The normalized spacial score (nSPS) is 10.2. The first-order chi connectivity index (χ1) is 13.1. The van der Waals surface area contributed by atoms with E-state index >= 15 is 0 Å². The largest absolute Gasteiger partial charge is 0.494 e. The topological polar surface area (TPSA) is 56.1 Å². The van der Waals surface area contributed by atoms with Crippen molar-refractivity contribution in [1.82, 2.24) is 15.1 Å². The summed E-state index contributed by atoms with van der Waals surface area (Å²) in [6.07, 6.45) is 5.08. The molecule has 1 aromatic carbocycles. The van der Waals surface area contributed by atoms with E-state index in [0.29, 0.717) is 18.8 Å². The number of unbranched alkanes of at least 4 members (excludes halogenated alkanes) is 3. The molecule has 0 bridgehead atoms. The molecule has 1 heterocycles. The molecule has 2 rings (SSSR count). The maximum Gasteiger partial charge on any atom is 0.269 e. The van der Waals surface area contributed by atoms with Crippen molar-refractivity contribution in [3.05, 3.63) is 47.3 Å². The van der Waals surface area contributed by atoms with Crippen molar-refractivity contribution >= 4 is 5.91 Å². The third kappa shape index (κ3) is 7.18. The number of aryl methyl sites for hydroxylation is 2. The molecule has 144 valence electrons. The Hall–Kier alpha value is -2.74. The molecule has 0 radical (unpaired) electrons. The summed E-state index contributed by atoms with van der Waals surface area (Å²) in [7, 11) is 1.77. The molecule has 5 heteroatoms. The fourth-order valence-corrected chi connectivity index (χ4v) is 2.65. The lowest BCUT2D eigenvalue weighted by molar-refractivity contribution is 0.0941. The number of nitrogens with one attached hydrogen (secondary N) is 1. The number of benzene rings is 1. The Kier molecular flexibility index (Phi) is 8.44. The fraction of sp³-hybridized carbons (Fsp3) is 0.455. The molecule has 0 saturated carbocycles. The molecule has 0 fully saturated rings. The third-order valence-electron chi connectivity index (χ3n) is 4.05. The maximum absolute atomic E-state index is 12.3. The van der Waals surface area contributed by atoms with Crippen LogP contribution < -0.4 is 10.1 Å². The van der Waals surface area contributed by atoms with Crippen molar-refractivity contribution in [2.75, 3.05) is 6.61 Å². The van der Waals surface area contributed by atoms with E-state index < -0.39 is 0 Å². The second-order valence-electron chi connectivity index (χ2n) is 6.53. The molecule has 5 nitrogen and oxygen atoms in total. The molecule has 0 aliphatic carbocycles. The Labute approximate surface area is 162 Å². The molecule has 1 N–H and O–H groups in total. The lowest BCUT2D eigenvalue weighted by atomic mass is 10.2. The van der Waals surface area contributed by atoms with Gasteiger partial charge in [-0.1, -0.05) is 19.1 Å². The summed E-state index contributed by atoms with van der Waals surface area (Å²) in [4.78, 5) is 12.3. The van der Waals surface area contributed by atoms with Crippen LogP contribution in [0.4, 0.5) is 0 Å². The molecule has 0 unspecified atom stereocenters. The van der Waals surface area contributed by atoms with E-state index in [4.69, 9.17) is 4.74 Å². The standard InChI is InChI=1S/C22H29N3O2/c1-4-5-6-7-8-9-10-14-27-20-13-11-12-19(16-20)17-23-22(26)21-15-18(2)24-25(21)3/h11-13,15-16H,4-5,8-10,14,17H2,1-3H3,(H,23,26). The summed E-state index contributed by atoms with van der Waals surface area (Å²) in [5, 5.41) is 7.12. The van der Waals surface area contributed by atoms with Crippen molar-refractivity contribution in [3.8, 4) is 17.6 Å². The number of carbonyl (C=O) groups is 1. The van der Waals surface area contributed by atoms with Gasteiger partial charge < -0.3 is 10.1 Å². The first kappa shape index (κ1) is 20.6. The summed E-state index contributed by atoms with van der Waals surface area (Å²) >= 11 is 0. The van der Waals surface area contributed by atoms with Gasteiger partial charge in [0.2, 0.25) is 0 Å². The monoisotopic (exact) mass is 367 g/mol. The Morgan fingerprint density at radius 1 is 1.22 bits per heavy atom. The fourth-order valence-electron chi connectivity index (χ4n) is 2.65. The highest BCUT2D eigenvalue weighted by atomic mass is 16.5. The quantitative estimate of drug-likeness (QED) is 0.538. The molecule has 2 aromatic rings. The molecule has 1 aromatic heterocycles. The van der Waals surface area contributed by atoms with Gasteiger partial charge in [-0.2, -0.15) is 5.10 Å². The van der Waals surface area contributed by atoms with Crippen LogP contribution in [0.3, 0.4) is 0 Å². The highest BCUT2D eigenvalue weighted by Gasteiger charge is 2.11. The summed E-state index contributed by atoms with van der Waals surface area (Å²) in [6, 6.07) is 9.61. The van der Waals surface area contributed by atoms with Gasteiger partial charge in [-0.25, -0.2) is 0 Å². The highest BCUT2D eigenvalue weighted by Crippen LogP contribution is 2.14. The zero-order valence-electron chi connectivity index (χ0n) is 16.5. The zero-order chi connectivity index (χ0) is 19.5. The Bertz CT molecular complexity index is 799. The van der Waals surface area contributed by atoms with E-state index in [-0.39, 0.29) is 5.91 Å². The van der Waals surface area contributed by atoms with Crippen LogP contribution in [0.25, 0.3) is 0 Å². The number of hydrogen-bond donors (Lipinski definition) is 1. The molecule has 0 aliphatic rings.